The van der Waals surface area contributed by atoms with E-state index in [4.69, 9.17) is 23.2 Å². The Labute approximate surface area is 168 Å². The second-order valence-electron chi connectivity index (χ2n) is 4.99. The fraction of sp³-hybridized carbons (Fsp3) is 0.0588. The molecule has 2 aromatic carbocycles. The molecule has 0 atom stereocenters. The summed E-state index contributed by atoms with van der Waals surface area (Å²) in [6.45, 7) is 0. The summed E-state index contributed by atoms with van der Waals surface area (Å²) in [7, 11) is 0. The monoisotopic (exact) mass is 422 g/mol. The van der Waals surface area contributed by atoms with Crippen LogP contribution in [0.1, 0.15) is 5.56 Å². The summed E-state index contributed by atoms with van der Waals surface area (Å²) < 4.78 is 0.729. The van der Waals surface area contributed by atoms with Crippen LogP contribution in [0.5, 0.6) is 0 Å². The molecule has 1 N–H and O–H groups in total. The van der Waals surface area contributed by atoms with E-state index in [1.165, 1.54) is 29.3 Å². The molecule has 1 aromatic heterocycles. The highest BCUT2D eigenvalue weighted by Crippen LogP contribution is 2.28. The molecule has 0 bridgehead atoms. The van der Waals surface area contributed by atoms with Crippen molar-refractivity contribution in [2.24, 2.45) is 5.10 Å². The van der Waals surface area contributed by atoms with Gasteiger partial charge in [0.15, 0.2) is 4.34 Å². The number of aromatic nitrogens is 2. The van der Waals surface area contributed by atoms with E-state index < -0.39 is 0 Å². The average molecular weight is 423 g/mol. The molecule has 0 unspecified atom stereocenters. The summed E-state index contributed by atoms with van der Waals surface area (Å²) in [5, 5.41) is 13.9. The van der Waals surface area contributed by atoms with Gasteiger partial charge in [-0.3, -0.25) is 4.79 Å². The molecule has 0 aliphatic carbocycles. The lowest BCUT2D eigenvalue weighted by Gasteiger charge is -1.99. The molecule has 9 heteroatoms. The van der Waals surface area contributed by atoms with Crippen molar-refractivity contribution in [2.45, 2.75) is 4.34 Å². The molecule has 1 heterocycles. The van der Waals surface area contributed by atoms with Crippen LogP contribution < -0.4 is 5.43 Å². The molecule has 3 rings (SSSR count). The number of carbonyl (C=O) groups is 1. The molecule has 1 amide bonds. The zero-order chi connectivity index (χ0) is 18.4. The van der Waals surface area contributed by atoms with E-state index in [1.54, 1.807) is 18.2 Å². The third-order valence-corrected chi connectivity index (χ3v) is 5.95. The third-order valence-electron chi connectivity index (χ3n) is 3.10. The van der Waals surface area contributed by atoms with Crippen molar-refractivity contribution in [2.75, 3.05) is 5.75 Å². The fourth-order valence-electron chi connectivity index (χ4n) is 1.90. The van der Waals surface area contributed by atoms with Crippen molar-refractivity contribution < 1.29 is 4.79 Å². The van der Waals surface area contributed by atoms with E-state index in [1.807, 2.05) is 30.3 Å². The number of hydrogen-bond acceptors (Lipinski definition) is 6. The Bertz CT molecular complexity index is 932. The van der Waals surface area contributed by atoms with Crippen molar-refractivity contribution in [3.8, 4) is 10.6 Å². The van der Waals surface area contributed by atoms with Gasteiger partial charge in [-0.15, -0.1) is 10.2 Å². The number of nitrogens with one attached hydrogen (secondary N) is 1. The molecule has 0 radical (unpaired) electrons. The summed E-state index contributed by atoms with van der Waals surface area (Å²) >= 11 is 14.5. The fourth-order valence-corrected chi connectivity index (χ4v) is 3.85. The summed E-state index contributed by atoms with van der Waals surface area (Å²) in [6.07, 6.45) is 1.50. The maximum absolute atomic E-state index is 11.9. The van der Waals surface area contributed by atoms with Crippen LogP contribution >= 0.6 is 46.3 Å². The van der Waals surface area contributed by atoms with E-state index in [-0.39, 0.29) is 11.7 Å². The van der Waals surface area contributed by atoms with Crippen LogP contribution in [-0.2, 0) is 4.79 Å². The summed E-state index contributed by atoms with van der Waals surface area (Å²) in [6, 6.07) is 14.9. The van der Waals surface area contributed by atoms with E-state index in [0.717, 1.165) is 20.5 Å². The lowest BCUT2D eigenvalue weighted by Crippen LogP contribution is -2.19. The molecule has 132 valence electrons. The summed E-state index contributed by atoms with van der Waals surface area (Å²) in [4.78, 5) is 11.9. The molecule has 3 aromatic rings. The molecule has 5 nitrogen and oxygen atoms in total. The van der Waals surface area contributed by atoms with Gasteiger partial charge in [-0.1, -0.05) is 82.7 Å². The van der Waals surface area contributed by atoms with E-state index in [9.17, 15) is 4.79 Å². The number of rotatable bonds is 6. The van der Waals surface area contributed by atoms with Crippen LogP contribution in [0.2, 0.25) is 10.0 Å². The van der Waals surface area contributed by atoms with Gasteiger partial charge in [0.1, 0.15) is 5.01 Å². The predicted octanol–water partition coefficient (Wildman–Crippen LogP) is 4.75. The number of nitrogens with zero attached hydrogens (tertiary/aromatic N) is 3. The number of amides is 1. The minimum atomic E-state index is -0.234. The standard InChI is InChI=1S/C17H12Cl2N4OS2/c18-13-7-6-11(8-14(13)19)9-20-21-15(24)10-25-17-23-22-16(26-17)12-4-2-1-3-5-12/h1-9H,10H2,(H,21,24). The second kappa shape index (κ2) is 9.14. The zero-order valence-corrected chi connectivity index (χ0v) is 16.4. The number of carbonyl (C=O) groups excluding carboxylic acids is 1. The van der Waals surface area contributed by atoms with E-state index in [0.29, 0.717) is 10.0 Å². The Morgan fingerprint density at radius 1 is 1.15 bits per heavy atom. The molecule has 0 saturated carbocycles. The quantitative estimate of drug-likeness (QED) is 0.353. The van der Waals surface area contributed by atoms with Gasteiger partial charge in [0.2, 0.25) is 0 Å². The normalized spacial score (nSPS) is 11.0. The molecule has 0 fully saturated rings. The van der Waals surface area contributed by atoms with Crippen molar-refractivity contribution in [1.82, 2.24) is 15.6 Å². The Balaban J connectivity index is 1.49. The van der Waals surface area contributed by atoms with Crippen molar-refractivity contribution in [3.63, 3.8) is 0 Å². The topological polar surface area (TPSA) is 67.2 Å². The smallest absolute Gasteiger partial charge is 0.250 e. The Hall–Kier alpha value is -1.93. The van der Waals surface area contributed by atoms with Gasteiger partial charge >= 0.3 is 0 Å². The van der Waals surface area contributed by atoms with Gasteiger partial charge < -0.3 is 0 Å². The van der Waals surface area contributed by atoms with Crippen LogP contribution in [-0.4, -0.2) is 28.1 Å². The molecule has 0 saturated heterocycles. The average Bonchev–Trinajstić information content (AvgIpc) is 3.13. The molecular formula is C17H12Cl2N4OS2. The van der Waals surface area contributed by atoms with E-state index in [2.05, 4.69) is 20.7 Å². The van der Waals surface area contributed by atoms with Crippen LogP contribution in [0.25, 0.3) is 10.6 Å². The summed E-state index contributed by atoms with van der Waals surface area (Å²) in [5.74, 6) is -0.0370. The Kier molecular flexibility index (Phi) is 6.62. The van der Waals surface area contributed by atoms with Gasteiger partial charge in [0, 0.05) is 5.56 Å². The number of benzene rings is 2. The Morgan fingerprint density at radius 3 is 2.73 bits per heavy atom. The minimum absolute atomic E-state index is 0.197. The first-order chi connectivity index (χ1) is 12.6. The maximum atomic E-state index is 11.9. The van der Waals surface area contributed by atoms with Crippen molar-refractivity contribution in [1.29, 1.82) is 0 Å². The number of hydrazone groups is 1. The molecule has 0 aliphatic rings. The highest BCUT2D eigenvalue weighted by Gasteiger charge is 2.09. The highest BCUT2D eigenvalue weighted by atomic mass is 35.5. The van der Waals surface area contributed by atoms with Gasteiger partial charge in [-0.2, -0.15) is 5.10 Å². The lowest BCUT2D eigenvalue weighted by molar-refractivity contribution is -0.118. The van der Waals surface area contributed by atoms with Crippen LogP contribution in [0.4, 0.5) is 0 Å². The molecule has 26 heavy (non-hydrogen) atoms. The number of hydrogen-bond donors (Lipinski definition) is 1. The predicted molar refractivity (Wildman–Crippen MR) is 108 cm³/mol. The molecule has 0 spiro atoms. The molecule has 0 aliphatic heterocycles. The van der Waals surface area contributed by atoms with Crippen LogP contribution in [0.15, 0.2) is 58.0 Å². The molecular weight excluding hydrogens is 411 g/mol. The van der Waals surface area contributed by atoms with Crippen LogP contribution in [0, 0.1) is 0 Å². The zero-order valence-electron chi connectivity index (χ0n) is 13.2. The first kappa shape index (κ1) is 18.8. The largest absolute Gasteiger partial charge is 0.272 e. The summed E-state index contributed by atoms with van der Waals surface area (Å²) in [5.41, 5.74) is 4.21. The number of halogens is 2. The lowest BCUT2D eigenvalue weighted by atomic mass is 10.2. The SMILES string of the molecule is O=C(CSc1nnc(-c2ccccc2)s1)NN=Cc1ccc(Cl)c(Cl)c1. The van der Waals surface area contributed by atoms with E-state index >= 15 is 0 Å². The number of thioether (sulfide) groups is 1. The first-order valence-corrected chi connectivity index (χ1v) is 9.96. The Morgan fingerprint density at radius 2 is 1.96 bits per heavy atom. The third kappa shape index (κ3) is 5.28. The van der Waals surface area contributed by atoms with Crippen molar-refractivity contribution in [3.05, 3.63) is 64.1 Å². The van der Waals surface area contributed by atoms with Gasteiger partial charge in [-0.25, -0.2) is 5.43 Å². The maximum Gasteiger partial charge on any atom is 0.250 e. The minimum Gasteiger partial charge on any atom is -0.272 e. The highest BCUT2D eigenvalue weighted by molar-refractivity contribution is 8.01. The second-order valence-corrected chi connectivity index (χ2v) is 8.01. The van der Waals surface area contributed by atoms with Gasteiger partial charge in [0.25, 0.3) is 5.91 Å². The van der Waals surface area contributed by atoms with Gasteiger partial charge in [-0.05, 0) is 17.7 Å². The van der Waals surface area contributed by atoms with Crippen LogP contribution in [0.3, 0.4) is 0 Å². The van der Waals surface area contributed by atoms with Crippen molar-refractivity contribution >= 4 is 58.4 Å². The van der Waals surface area contributed by atoms with Gasteiger partial charge in [0.05, 0.1) is 22.0 Å². The first-order valence-electron chi connectivity index (χ1n) is 7.40.